The van der Waals surface area contributed by atoms with E-state index in [1.54, 1.807) is 12.3 Å². The number of aromatic amines is 1. The van der Waals surface area contributed by atoms with Crippen LogP contribution < -0.4 is 71.2 Å². The van der Waals surface area contributed by atoms with Crippen LogP contribution in [0.1, 0.15) is 90.2 Å². The number of nitrogens with two attached hydrogens (primary N) is 5. The summed E-state index contributed by atoms with van der Waals surface area (Å²) in [6, 6.07) is 3.62. The summed E-state index contributed by atoms with van der Waals surface area (Å²) in [6.45, 7) is 6.38. The van der Waals surface area contributed by atoms with Crippen molar-refractivity contribution in [3.05, 3.63) is 71.7 Å². The molecule has 1 aromatic heterocycles. The summed E-state index contributed by atoms with van der Waals surface area (Å²) in [5.41, 5.74) is 28.3. The Labute approximate surface area is 446 Å². The number of rotatable bonds is 16. The lowest BCUT2D eigenvalue weighted by molar-refractivity contribution is -0.135. The van der Waals surface area contributed by atoms with Gasteiger partial charge < -0.3 is 81.3 Å². The number of unbranched alkanes of at least 4 members (excludes halogenated alkanes) is 1. The number of aliphatic hydroxyl groups excluding tert-OH is 1. The maximum Gasteiger partial charge on any atom is 0.245 e. The van der Waals surface area contributed by atoms with E-state index < -0.39 is 108 Å². The average molecular weight is 1080 g/mol. The topological polar surface area (TPSA) is 441 Å². The van der Waals surface area contributed by atoms with E-state index in [0.29, 0.717) is 11.1 Å². The number of hydrogen-bond acceptors (Lipinski definition) is 12. The summed E-state index contributed by atoms with van der Waals surface area (Å²) in [6.07, 6.45) is 3.11. The highest BCUT2D eigenvalue weighted by atomic mass is 19.1. The Balaban J connectivity index is 0.00000185. The highest BCUT2D eigenvalue weighted by Gasteiger charge is 2.33. The smallest absolute Gasteiger partial charge is 0.245 e. The highest BCUT2D eigenvalue weighted by molar-refractivity contribution is 5.97. The number of benzene rings is 2. The second-order valence-corrected chi connectivity index (χ2v) is 17.5. The zero-order chi connectivity index (χ0) is 57.5. The van der Waals surface area contributed by atoms with Gasteiger partial charge in [-0.3, -0.25) is 53.1 Å². The van der Waals surface area contributed by atoms with Crippen LogP contribution >= 0.6 is 0 Å². The maximum atomic E-state index is 13.8. The average Bonchev–Trinajstić information content (AvgIpc) is 3.80. The molecule has 77 heavy (non-hydrogen) atoms. The van der Waals surface area contributed by atoms with Gasteiger partial charge in [0, 0.05) is 62.9 Å². The van der Waals surface area contributed by atoms with Crippen molar-refractivity contribution >= 4 is 76.0 Å². The zero-order valence-electron chi connectivity index (χ0n) is 44.0. The van der Waals surface area contributed by atoms with Gasteiger partial charge in [-0.25, -0.2) is 4.39 Å². The van der Waals surface area contributed by atoms with E-state index in [2.05, 4.69) is 64.4 Å². The first kappa shape index (κ1) is 64.8. The summed E-state index contributed by atoms with van der Waals surface area (Å²) in [4.78, 5) is 131. The molecule has 0 radical (unpaired) electrons. The number of H-pyrrole nitrogens is 1. The number of aliphatic hydroxyl groups is 1. The van der Waals surface area contributed by atoms with Crippen molar-refractivity contribution in [1.29, 1.82) is 0 Å². The predicted octanol–water partition coefficient (Wildman–Crippen LogP) is -2.56. The number of nitrogens with zero attached hydrogens (tertiary/aromatic N) is 2. The summed E-state index contributed by atoms with van der Waals surface area (Å²) >= 11 is 0. The second-order valence-electron chi connectivity index (χ2n) is 17.5. The fourth-order valence-corrected chi connectivity index (χ4v) is 7.45. The molecule has 6 atom stereocenters. The lowest BCUT2D eigenvalue weighted by Gasteiger charge is -2.26. The fraction of sp³-hybridized carbons (Fsp3) is 0.500. The number of carbonyl (C=O) groups is 9. The lowest BCUT2D eigenvalue weighted by Crippen LogP contribution is -2.59. The molecule has 0 spiro atoms. The number of para-hydroxylation sites is 1. The standard InChI is InChI=1S/C43H58FN13O10.C5H13N3.C2H6/c1-23(59)52-30(9-5-17-49-43(46)47)39(64)55-31-14-15-35(60)48-16-4-8-29(37(45)62)54-41(66)33(19-25-20-50-28-7-3-2-6-27(25)28)53-36(61)21-51-38(63)32(18-24-10-12-26(44)13-11-24)56-42(67)34(22-58)57-40(31)65;1-2-3-4-8-5(6)7;1-2/h2-3,6-7,10-13,20,29-34,50,58H,4-5,8-9,14-19,21-22H2,1H3,(H2,45,62)(H,48,60)(H,51,63)(H,52,59)(H,53,61)(H,54,66)(H,55,64)(H,56,67)(H,57,65)(H4,46,47,49);2-4H2,1H3,(H4,6,7,8);1-2H3/t29?,30-,31?,32?,33-,34-;;/m0../s1. The molecule has 0 saturated carbocycles. The van der Waals surface area contributed by atoms with Gasteiger partial charge >= 0.3 is 0 Å². The molecule has 424 valence electrons. The van der Waals surface area contributed by atoms with Crippen molar-refractivity contribution in [2.75, 3.05) is 32.8 Å². The Morgan fingerprint density at radius 3 is 2.00 bits per heavy atom. The Morgan fingerprint density at radius 2 is 1.38 bits per heavy atom. The van der Waals surface area contributed by atoms with Gasteiger partial charge in [-0.2, -0.15) is 0 Å². The number of aromatic nitrogens is 1. The molecule has 1 fully saturated rings. The molecule has 1 aliphatic heterocycles. The van der Waals surface area contributed by atoms with Crippen LogP contribution in [0.3, 0.4) is 0 Å². The molecule has 20 N–H and O–H groups in total. The first-order valence-electron chi connectivity index (χ1n) is 25.3. The number of nitrogens with one attached hydrogen (secondary N) is 9. The molecule has 3 unspecified atom stereocenters. The van der Waals surface area contributed by atoms with Gasteiger partial charge in [0.05, 0.1) is 13.2 Å². The van der Waals surface area contributed by atoms with Crippen molar-refractivity contribution < 1.29 is 52.6 Å². The Bertz CT molecular complexity index is 2480. The maximum absolute atomic E-state index is 13.8. The van der Waals surface area contributed by atoms with Crippen molar-refractivity contribution in [2.45, 2.75) is 128 Å². The Kier molecular flexibility index (Phi) is 29.4. The first-order valence-corrected chi connectivity index (χ1v) is 25.3. The van der Waals surface area contributed by atoms with Gasteiger partial charge in [-0.05, 0) is 67.9 Å². The number of halogens is 1. The van der Waals surface area contributed by atoms with Gasteiger partial charge in [-0.1, -0.05) is 57.5 Å². The van der Waals surface area contributed by atoms with Gasteiger partial charge in [-0.15, -0.1) is 0 Å². The number of carbonyl (C=O) groups excluding carboxylic acids is 9. The third kappa shape index (κ3) is 24.7. The Hall–Kier alpha value is -8.36. The normalized spacial score (nSPS) is 19.4. The molecule has 2 heterocycles. The van der Waals surface area contributed by atoms with Crippen LogP contribution in [0.4, 0.5) is 4.39 Å². The molecule has 9 amide bonds. The van der Waals surface area contributed by atoms with Crippen molar-refractivity contribution in [1.82, 2.24) is 47.5 Å². The minimum Gasteiger partial charge on any atom is -0.394 e. The number of primary amides is 1. The molecular weight excluding hydrogens is 1000 g/mol. The van der Waals surface area contributed by atoms with Gasteiger partial charge in [0.1, 0.15) is 42.1 Å². The van der Waals surface area contributed by atoms with Crippen LogP contribution in [-0.4, -0.2) is 144 Å². The molecule has 26 nitrogen and oxygen atoms in total. The monoisotopic (exact) mass is 1080 g/mol. The Morgan fingerprint density at radius 1 is 0.753 bits per heavy atom. The van der Waals surface area contributed by atoms with E-state index in [0.717, 1.165) is 42.4 Å². The van der Waals surface area contributed by atoms with Crippen molar-refractivity contribution in [3.63, 3.8) is 0 Å². The van der Waals surface area contributed by atoms with Crippen molar-refractivity contribution in [3.8, 4) is 0 Å². The molecule has 27 heteroatoms. The van der Waals surface area contributed by atoms with Crippen molar-refractivity contribution in [2.24, 2.45) is 38.7 Å². The van der Waals surface area contributed by atoms with Crippen LogP contribution in [0.15, 0.2) is 64.7 Å². The first-order chi connectivity index (χ1) is 36.7. The summed E-state index contributed by atoms with van der Waals surface area (Å²) in [5.74, 6) is -8.19. The zero-order valence-corrected chi connectivity index (χ0v) is 44.0. The van der Waals surface area contributed by atoms with E-state index in [-0.39, 0.29) is 76.4 Å². The summed E-state index contributed by atoms with van der Waals surface area (Å²) < 4.78 is 13.8. The van der Waals surface area contributed by atoms with Crippen LogP contribution in [0.5, 0.6) is 0 Å². The van der Waals surface area contributed by atoms with Gasteiger partial charge in [0.2, 0.25) is 53.2 Å². The fourth-order valence-electron chi connectivity index (χ4n) is 7.45. The molecule has 0 bridgehead atoms. The molecule has 2 aromatic carbocycles. The van der Waals surface area contributed by atoms with E-state index in [1.807, 2.05) is 32.0 Å². The molecule has 3 aromatic rings. The van der Waals surface area contributed by atoms with Crippen LogP contribution in [0, 0.1) is 5.82 Å². The third-order valence-corrected chi connectivity index (χ3v) is 11.4. The molecule has 1 aliphatic rings. The minimum atomic E-state index is -1.75. The van der Waals surface area contributed by atoms with Crippen LogP contribution in [0.2, 0.25) is 0 Å². The number of amides is 9. The number of hydrogen-bond donors (Lipinski definition) is 15. The van der Waals surface area contributed by atoms with Gasteiger partial charge in [0.25, 0.3) is 0 Å². The minimum absolute atomic E-state index is 0.0232. The molecular formula is C50H77FN16O10. The third-order valence-electron chi connectivity index (χ3n) is 11.4. The quantitative estimate of drug-likeness (QED) is 0.0399. The SMILES string of the molecule is CC.CC(=O)N[C@@H](CCCN=C(N)N)C(=O)NC1CCC(=O)NCCCC(C(N)=O)NC(=O)[C@H](Cc2c[nH]c3ccccc23)NC(=O)CNC(=O)C(Cc2ccc(F)cc2)NC(=O)[C@H](CO)NC1=O.CCCCN=C(N)N. The van der Waals surface area contributed by atoms with E-state index in [4.69, 9.17) is 28.7 Å². The summed E-state index contributed by atoms with van der Waals surface area (Å²) in [5, 5.41) is 31.0. The highest BCUT2D eigenvalue weighted by Crippen LogP contribution is 2.19. The van der Waals surface area contributed by atoms with E-state index in [1.165, 1.54) is 19.1 Å². The number of fused-ring (bicyclic) bond motifs is 1. The summed E-state index contributed by atoms with van der Waals surface area (Å²) in [7, 11) is 0. The van der Waals surface area contributed by atoms with Crippen LogP contribution in [0.25, 0.3) is 10.9 Å². The predicted molar refractivity (Wildman–Crippen MR) is 287 cm³/mol. The molecule has 0 aliphatic carbocycles. The number of aliphatic imine (C=N–C) groups is 2. The van der Waals surface area contributed by atoms with E-state index >= 15 is 0 Å². The number of guanidine groups is 2. The van der Waals surface area contributed by atoms with Gasteiger partial charge in [0.15, 0.2) is 11.9 Å². The van der Waals surface area contributed by atoms with E-state index in [9.17, 15) is 52.6 Å². The molecule has 4 rings (SSSR count). The molecule has 1 saturated heterocycles. The largest absolute Gasteiger partial charge is 0.394 e. The van der Waals surface area contributed by atoms with Crippen LogP contribution in [-0.2, 0) is 56.0 Å². The lowest BCUT2D eigenvalue weighted by atomic mass is 10.0. The second kappa shape index (κ2) is 35.0.